The monoisotopic (exact) mass is 438 g/mol. The molecule has 0 aliphatic carbocycles. The maximum absolute atomic E-state index is 12.7. The van der Waals surface area contributed by atoms with Crippen molar-refractivity contribution in [2.45, 2.75) is 32.5 Å². The maximum Gasteiger partial charge on any atom is 0.439 e. The van der Waals surface area contributed by atoms with Crippen LogP contribution in [0, 0.1) is 0 Å². The predicted molar refractivity (Wildman–Crippen MR) is 103 cm³/mol. The molecule has 0 aliphatic heterocycles. The molecule has 0 saturated heterocycles. The molecule has 31 heavy (non-hydrogen) atoms. The van der Waals surface area contributed by atoms with Gasteiger partial charge in [-0.25, -0.2) is 19.6 Å². The van der Waals surface area contributed by atoms with Crippen molar-refractivity contribution >= 4 is 23.4 Å². The fraction of sp³-hybridized carbons (Fsp3) is 0.278. The molecule has 164 valence electrons. The van der Waals surface area contributed by atoms with Crippen molar-refractivity contribution in [3.8, 4) is 11.5 Å². The Morgan fingerprint density at radius 2 is 1.84 bits per heavy atom. The van der Waals surface area contributed by atoms with Gasteiger partial charge in [-0.15, -0.1) is 0 Å². The standard InChI is InChI=1S/C18H17F3N6O4/c1-17(2,3)30-15(28)25-11-8-22-13(12(24-11)14-26-16(29)31-27-14)23-10-6-4-9(5-7-10)18(19,20)21/h4-8H,1-3H3,(H,22,23)(H,24,25,28)(H,26,27,29). The van der Waals surface area contributed by atoms with Gasteiger partial charge in [-0.2, -0.15) is 13.2 Å². The number of amides is 1. The molecule has 3 N–H and O–H groups in total. The van der Waals surface area contributed by atoms with E-state index in [4.69, 9.17) is 4.74 Å². The number of ether oxygens (including phenoxy) is 1. The number of benzene rings is 1. The number of alkyl halides is 3. The average molecular weight is 438 g/mol. The van der Waals surface area contributed by atoms with Gasteiger partial charge < -0.3 is 10.1 Å². The summed E-state index contributed by atoms with van der Waals surface area (Å²) in [6.45, 7) is 5.04. The number of nitrogens with zero attached hydrogens (tertiary/aromatic N) is 3. The Bertz CT molecular complexity index is 1130. The number of rotatable bonds is 4. The predicted octanol–water partition coefficient (Wildman–Crippen LogP) is 3.93. The minimum atomic E-state index is -4.47. The highest BCUT2D eigenvalue weighted by Gasteiger charge is 2.30. The molecule has 0 aliphatic rings. The van der Waals surface area contributed by atoms with Gasteiger partial charge in [0.05, 0.1) is 11.8 Å². The van der Waals surface area contributed by atoms with Crippen LogP contribution in [-0.4, -0.2) is 31.8 Å². The highest BCUT2D eigenvalue weighted by molar-refractivity contribution is 5.84. The molecular formula is C18H17F3N6O4. The van der Waals surface area contributed by atoms with Crippen LogP contribution in [0.2, 0.25) is 0 Å². The fourth-order valence-electron chi connectivity index (χ4n) is 2.33. The lowest BCUT2D eigenvalue weighted by molar-refractivity contribution is -0.137. The quantitative estimate of drug-likeness (QED) is 0.558. The Morgan fingerprint density at radius 3 is 2.39 bits per heavy atom. The molecule has 1 amide bonds. The van der Waals surface area contributed by atoms with Crippen LogP contribution in [-0.2, 0) is 10.9 Å². The van der Waals surface area contributed by atoms with E-state index in [1.54, 1.807) is 20.8 Å². The molecular weight excluding hydrogens is 421 g/mol. The zero-order chi connectivity index (χ0) is 22.8. The molecule has 2 heterocycles. The summed E-state index contributed by atoms with van der Waals surface area (Å²) in [6, 6.07) is 4.19. The number of nitrogens with one attached hydrogen (secondary N) is 3. The van der Waals surface area contributed by atoms with Gasteiger partial charge in [-0.3, -0.25) is 14.8 Å². The van der Waals surface area contributed by atoms with E-state index in [2.05, 4.69) is 35.3 Å². The molecule has 0 unspecified atom stereocenters. The topological polar surface area (TPSA) is 135 Å². The van der Waals surface area contributed by atoms with Crippen LogP contribution in [0.1, 0.15) is 26.3 Å². The van der Waals surface area contributed by atoms with Gasteiger partial charge in [0.15, 0.2) is 17.3 Å². The van der Waals surface area contributed by atoms with Gasteiger partial charge in [0.1, 0.15) is 5.60 Å². The first kappa shape index (κ1) is 21.8. The second-order valence-electron chi connectivity index (χ2n) is 7.22. The minimum Gasteiger partial charge on any atom is -0.444 e. The van der Waals surface area contributed by atoms with Gasteiger partial charge in [-0.1, -0.05) is 5.16 Å². The molecule has 2 aromatic heterocycles. The number of carbonyl (C=O) groups is 1. The van der Waals surface area contributed by atoms with E-state index in [0.29, 0.717) is 0 Å². The Kier molecular flexibility index (Phi) is 5.69. The van der Waals surface area contributed by atoms with Crippen molar-refractivity contribution in [2.75, 3.05) is 10.6 Å². The molecule has 3 rings (SSSR count). The lowest BCUT2D eigenvalue weighted by Crippen LogP contribution is -2.27. The summed E-state index contributed by atoms with van der Waals surface area (Å²) in [6.07, 6.45) is -4.07. The number of anilines is 3. The highest BCUT2D eigenvalue weighted by Crippen LogP contribution is 2.31. The Labute approximate surface area is 172 Å². The van der Waals surface area contributed by atoms with Crippen LogP contribution >= 0.6 is 0 Å². The largest absolute Gasteiger partial charge is 0.444 e. The summed E-state index contributed by atoms with van der Waals surface area (Å²) < 4.78 is 47.8. The van der Waals surface area contributed by atoms with E-state index in [-0.39, 0.29) is 28.8 Å². The van der Waals surface area contributed by atoms with Crippen LogP contribution in [0.15, 0.2) is 39.8 Å². The maximum atomic E-state index is 12.7. The lowest BCUT2D eigenvalue weighted by atomic mass is 10.2. The van der Waals surface area contributed by atoms with E-state index in [9.17, 15) is 22.8 Å². The van der Waals surface area contributed by atoms with Crippen LogP contribution in [0.4, 0.5) is 35.3 Å². The first-order valence-electron chi connectivity index (χ1n) is 8.78. The third-order valence-corrected chi connectivity index (χ3v) is 3.54. The molecule has 0 fully saturated rings. The first-order chi connectivity index (χ1) is 14.4. The number of halogens is 3. The van der Waals surface area contributed by atoms with Crippen molar-refractivity contribution in [1.82, 2.24) is 20.1 Å². The molecule has 1 aromatic carbocycles. The van der Waals surface area contributed by atoms with Crippen molar-refractivity contribution in [3.05, 3.63) is 46.6 Å². The van der Waals surface area contributed by atoms with E-state index >= 15 is 0 Å². The van der Waals surface area contributed by atoms with Gasteiger partial charge in [0.25, 0.3) is 0 Å². The Hall–Kier alpha value is -3.90. The van der Waals surface area contributed by atoms with Crippen LogP contribution in [0.25, 0.3) is 11.5 Å². The van der Waals surface area contributed by atoms with Crippen molar-refractivity contribution in [3.63, 3.8) is 0 Å². The summed E-state index contributed by atoms with van der Waals surface area (Å²) in [5.74, 6) is -0.951. The Balaban J connectivity index is 1.91. The highest BCUT2D eigenvalue weighted by atomic mass is 19.4. The number of hydrogen-bond acceptors (Lipinski definition) is 8. The fourth-order valence-corrected chi connectivity index (χ4v) is 2.33. The molecule has 0 radical (unpaired) electrons. The zero-order valence-corrected chi connectivity index (χ0v) is 16.5. The second kappa shape index (κ2) is 8.08. The number of H-pyrrole nitrogens is 1. The number of aromatic nitrogens is 4. The second-order valence-corrected chi connectivity index (χ2v) is 7.22. The summed E-state index contributed by atoms with van der Waals surface area (Å²) in [7, 11) is 0. The zero-order valence-electron chi connectivity index (χ0n) is 16.5. The van der Waals surface area contributed by atoms with E-state index in [0.717, 1.165) is 12.1 Å². The number of carbonyl (C=O) groups excluding carboxylic acids is 1. The molecule has 10 nitrogen and oxygen atoms in total. The van der Waals surface area contributed by atoms with E-state index in [1.807, 2.05) is 0 Å². The molecule has 0 atom stereocenters. The average Bonchev–Trinajstić information content (AvgIpc) is 3.07. The third-order valence-electron chi connectivity index (χ3n) is 3.54. The lowest BCUT2D eigenvalue weighted by Gasteiger charge is -2.19. The minimum absolute atomic E-state index is 0.0222. The van der Waals surface area contributed by atoms with E-state index in [1.165, 1.54) is 18.3 Å². The number of aromatic amines is 1. The van der Waals surface area contributed by atoms with E-state index < -0.39 is 29.2 Å². The van der Waals surface area contributed by atoms with Gasteiger partial charge in [0, 0.05) is 5.69 Å². The molecule has 3 aromatic rings. The van der Waals surface area contributed by atoms with Gasteiger partial charge in [0.2, 0.25) is 5.82 Å². The van der Waals surface area contributed by atoms with Gasteiger partial charge >= 0.3 is 18.0 Å². The molecule has 13 heteroatoms. The first-order valence-corrected chi connectivity index (χ1v) is 8.78. The summed E-state index contributed by atoms with van der Waals surface area (Å²) >= 11 is 0. The summed E-state index contributed by atoms with van der Waals surface area (Å²) in [4.78, 5) is 33.9. The SMILES string of the molecule is CC(C)(C)OC(=O)Nc1cnc(Nc2ccc(C(F)(F)F)cc2)c(-c2noc(=O)[nH]2)n1. The van der Waals surface area contributed by atoms with Crippen LogP contribution in [0.3, 0.4) is 0 Å². The normalized spacial score (nSPS) is 11.8. The van der Waals surface area contributed by atoms with Crippen LogP contribution in [0.5, 0.6) is 0 Å². The summed E-state index contributed by atoms with van der Waals surface area (Å²) in [5, 5.41) is 8.72. The molecule has 0 spiro atoms. The number of hydrogen-bond donors (Lipinski definition) is 3. The summed E-state index contributed by atoms with van der Waals surface area (Å²) in [5.41, 5.74) is -1.33. The van der Waals surface area contributed by atoms with Crippen LogP contribution < -0.4 is 16.4 Å². The smallest absolute Gasteiger partial charge is 0.439 e. The van der Waals surface area contributed by atoms with Gasteiger partial charge in [-0.05, 0) is 45.0 Å². The van der Waals surface area contributed by atoms with Crippen molar-refractivity contribution in [2.24, 2.45) is 0 Å². The van der Waals surface area contributed by atoms with Crippen molar-refractivity contribution < 1.29 is 27.2 Å². The Morgan fingerprint density at radius 1 is 1.16 bits per heavy atom. The van der Waals surface area contributed by atoms with Crippen molar-refractivity contribution in [1.29, 1.82) is 0 Å². The third kappa shape index (κ3) is 5.81. The molecule has 0 saturated carbocycles. The molecule has 0 bridgehead atoms.